The molecule has 0 bridgehead atoms. The van der Waals surface area contributed by atoms with Crippen LogP contribution in [0.4, 0.5) is 5.69 Å². The Morgan fingerprint density at radius 1 is 0.975 bits per heavy atom. The van der Waals surface area contributed by atoms with Gasteiger partial charge in [0.15, 0.2) is 17.3 Å². The molecule has 40 heavy (non-hydrogen) atoms. The van der Waals surface area contributed by atoms with E-state index < -0.39 is 5.92 Å². The topological polar surface area (TPSA) is 76.7 Å². The SMILES string of the molecule is COc1cc(C2C(C(=O)Nc3ccccc3C)=C(C)NC3=C2C(=O)CC(C)(C)C3)ccc1OCc1ccccc1. The number of ketones is 1. The van der Waals surface area contributed by atoms with E-state index in [-0.39, 0.29) is 17.1 Å². The van der Waals surface area contributed by atoms with Gasteiger partial charge in [-0.15, -0.1) is 0 Å². The van der Waals surface area contributed by atoms with Gasteiger partial charge >= 0.3 is 0 Å². The number of hydrogen-bond donors (Lipinski definition) is 2. The minimum atomic E-state index is -0.541. The van der Waals surface area contributed by atoms with Crippen LogP contribution in [0.15, 0.2) is 95.3 Å². The molecule has 5 rings (SSSR count). The summed E-state index contributed by atoms with van der Waals surface area (Å²) in [4.78, 5) is 27.6. The monoisotopic (exact) mass is 536 g/mol. The van der Waals surface area contributed by atoms with Gasteiger partial charge in [-0.2, -0.15) is 0 Å². The summed E-state index contributed by atoms with van der Waals surface area (Å²) in [7, 11) is 1.60. The number of dihydropyridines is 1. The fraction of sp³-hybridized carbons (Fsp3) is 0.294. The Kier molecular flexibility index (Phi) is 7.53. The maximum atomic E-state index is 13.9. The molecular weight excluding hydrogens is 500 g/mol. The highest BCUT2D eigenvalue weighted by Gasteiger charge is 2.43. The third-order valence-electron chi connectivity index (χ3n) is 7.64. The van der Waals surface area contributed by atoms with Crippen molar-refractivity contribution < 1.29 is 19.1 Å². The first-order valence-electron chi connectivity index (χ1n) is 13.6. The van der Waals surface area contributed by atoms with Crippen LogP contribution in [0.1, 0.15) is 56.2 Å². The molecule has 3 aromatic rings. The maximum absolute atomic E-state index is 13.9. The Morgan fingerprint density at radius 3 is 2.42 bits per heavy atom. The van der Waals surface area contributed by atoms with Crippen LogP contribution in [-0.4, -0.2) is 18.8 Å². The van der Waals surface area contributed by atoms with Crippen LogP contribution in [0.2, 0.25) is 0 Å². The number of amides is 1. The van der Waals surface area contributed by atoms with Gasteiger partial charge in [0.25, 0.3) is 5.91 Å². The van der Waals surface area contributed by atoms with Crippen molar-refractivity contribution in [1.29, 1.82) is 0 Å². The molecule has 1 atom stereocenters. The summed E-state index contributed by atoms with van der Waals surface area (Å²) >= 11 is 0. The number of rotatable bonds is 7. The predicted molar refractivity (Wildman–Crippen MR) is 157 cm³/mol. The molecule has 0 fully saturated rings. The summed E-state index contributed by atoms with van der Waals surface area (Å²) < 4.78 is 11.8. The molecule has 0 spiro atoms. The van der Waals surface area contributed by atoms with Gasteiger partial charge in [0.2, 0.25) is 0 Å². The van der Waals surface area contributed by atoms with Crippen molar-refractivity contribution in [2.24, 2.45) is 5.41 Å². The second-order valence-corrected chi connectivity index (χ2v) is 11.4. The molecule has 0 aromatic heterocycles. The molecule has 2 aliphatic rings. The standard InChI is InChI=1S/C34H36N2O4/c1-21-11-9-10-14-25(21)36-33(38)30-22(2)35-26-18-34(3,4)19-27(37)32(26)31(30)24-15-16-28(29(17-24)39-5)40-20-23-12-7-6-8-13-23/h6-17,31,35H,18-20H2,1-5H3,(H,36,38). The van der Waals surface area contributed by atoms with Crippen LogP contribution < -0.4 is 20.1 Å². The van der Waals surface area contributed by atoms with Crippen LogP contribution in [0.25, 0.3) is 0 Å². The van der Waals surface area contributed by atoms with Crippen LogP contribution in [0, 0.1) is 12.3 Å². The van der Waals surface area contributed by atoms with Crippen LogP contribution in [0.3, 0.4) is 0 Å². The first kappa shape index (κ1) is 27.3. The van der Waals surface area contributed by atoms with E-state index in [0.29, 0.717) is 35.7 Å². The number of aryl methyl sites for hydroxylation is 1. The number of Topliss-reactive ketones (excluding diaryl/α,β-unsaturated/α-hetero) is 1. The number of hydrogen-bond acceptors (Lipinski definition) is 5. The number of ether oxygens (including phenoxy) is 2. The largest absolute Gasteiger partial charge is 0.493 e. The lowest BCUT2D eigenvalue weighted by Gasteiger charge is -2.39. The van der Waals surface area contributed by atoms with Crippen molar-refractivity contribution in [2.75, 3.05) is 12.4 Å². The van der Waals surface area contributed by atoms with Crippen molar-refractivity contribution in [1.82, 2.24) is 5.32 Å². The number of nitrogens with one attached hydrogen (secondary N) is 2. The van der Waals surface area contributed by atoms with Crippen molar-refractivity contribution in [3.63, 3.8) is 0 Å². The maximum Gasteiger partial charge on any atom is 0.254 e. The quantitative estimate of drug-likeness (QED) is 0.346. The van der Waals surface area contributed by atoms with Crippen molar-refractivity contribution in [3.05, 3.63) is 112 Å². The zero-order valence-corrected chi connectivity index (χ0v) is 23.8. The second-order valence-electron chi connectivity index (χ2n) is 11.4. The fourth-order valence-electron chi connectivity index (χ4n) is 5.69. The molecule has 0 radical (unpaired) electrons. The van der Waals surface area contributed by atoms with E-state index in [4.69, 9.17) is 9.47 Å². The highest BCUT2D eigenvalue weighted by atomic mass is 16.5. The summed E-state index contributed by atoms with van der Waals surface area (Å²) in [6.45, 7) is 8.47. The van der Waals surface area contributed by atoms with Gasteiger partial charge in [0, 0.05) is 40.6 Å². The number of anilines is 1. The van der Waals surface area contributed by atoms with Crippen LogP contribution in [0.5, 0.6) is 11.5 Å². The highest BCUT2D eigenvalue weighted by Crippen LogP contribution is 2.48. The molecule has 1 heterocycles. The van der Waals surface area contributed by atoms with Crippen molar-refractivity contribution in [3.8, 4) is 11.5 Å². The van der Waals surface area contributed by atoms with Gasteiger partial charge in [-0.1, -0.05) is 68.4 Å². The van der Waals surface area contributed by atoms with Gasteiger partial charge in [-0.05, 0) is 60.6 Å². The minimum Gasteiger partial charge on any atom is -0.493 e. The molecule has 1 aliphatic heterocycles. The van der Waals surface area contributed by atoms with E-state index in [9.17, 15) is 9.59 Å². The Labute approximate surface area is 236 Å². The van der Waals surface area contributed by atoms with E-state index in [1.165, 1.54) is 0 Å². The number of carbonyl (C=O) groups excluding carboxylic acids is 2. The van der Waals surface area contributed by atoms with Crippen LogP contribution in [-0.2, 0) is 16.2 Å². The van der Waals surface area contributed by atoms with Gasteiger partial charge in [0.05, 0.1) is 7.11 Å². The Morgan fingerprint density at radius 2 is 1.70 bits per heavy atom. The molecule has 1 unspecified atom stereocenters. The number of carbonyl (C=O) groups is 2. The Balaban J connectivity index is 1.55. The zero-order chi connectivity index (χ0) is 28.4. The van der Waals surface area contributed by atoms with Crippen molar-refractivity contribution >= 4 is 17.4 Å². The number of methoxy groups -OCH3 is 1. The van der Waals surface area contributed by atoms with Gasteiger partial charge in [0.1, 0.15) is 6.61 Å². The third-order valence-corrected chi connectivity index (χ3v) is 7.64. The van der Waals surface area contributed by atoms with E-state index in [1.54, 1.807) is 7.11 Å². The fourth-order valence-corrected chi connectivity index (χ4v) is 5.69. The minimum absolute atomic E-state index is 0.0563. The summed E-state index contributed by atoms with van der Waals surface area (Å²) in [5.74, 6) is 0.425. The molecular formula is C34H36N2O4. The number of para-hydroxylation sites is 1. The highest BCUT2D eigenvalue weighted by molar-refractivity contribution is 6.10. The smallest absolute Gasteiger partial charge is 0.254 e. The molecule has 206 valence electrons. The lowest BCUT2D eigenvalue weighted by molar-refractivity contribution is -0.118. The Hall–Kier alpha value is -4.32. The molecule has 1 aliphatic carbocycles. The molecule has 0 saturated carbocycles. The molecule has 0 saturated heterocycles. The van der Waals surface area contributed by atoms with Gasteiger partial charge < -0.3 is 20.1 Å². The first-order valence-corrected chi connectivity index (χ1v) is 13.6. The predicted octanol–water partition coefficient (Wildman–Crippen LogP) is 6.83. The van der Waals surface area contributed by atoms with E-state index >= 15 is 0 Å². The molecule has 2 N–H and O–H groups in total. The molecule has 3 aromatic carbocycles. The molecule has 1 amide bonds. The summed E-state index contributed by atoms with van der Waals surface area (Å²) in [6, 6.07) is 23.3. The number of benzene rings is 3. The second kappa shape index (κ2) is 11.0. The van der Waals surface area contributed by atoms with E-state index in [0.717, 1.165) is 40.2 Å². The average molecular weight is 537 g/mol. The van der Waals surface area contributed by atoms with E-state index in [1.807, 2.05) is 86.6 Å². The number of allylic oxidation sites excluding steroid dienone is 3. The lowest BCUT2D eigenvalue weighted by Crippen LogP contribution is -2.39. The average Bonchev–Trinajstić information content (AvgIpc) is 2.92. The zero-order valence-electron chi connectivity index (χ0n) is 23.8. The lowest BCUT2D eigenvalue weighted by atomic mass is 9.68. The van der Waals surface area contributed by atoms with Gasteiger partial charge in [-0.25, -0.2) is 0 Å². The van der Waals surface area contributed by atoms with Crippen LogP contribution >= 0.6 is 0 Å². The van der Waals surface area contributed by atoms with Gasteiger partial charge in [-0.3, -0.25) is 9.59 Å². The normalized spacial score (nSPS) is 18.1. The summed E-state index contributed by atoms with van der Waals surface area (Å²) in [5, 5.41) is 6.52. The third kappa shape index (κ3) is 5.53. The first-order chi connectivity index (χ1) is 19.2. The van der Waals surface area contributed by atoms with Crippen molar-refractivity contribution in [2.45, 2.75) is 53.1 Å². The van der Waals surface area contributed by atoms with E-state index in [2.05, 4.69) is 24.5 Å². The summed E-state index contributed by atoms with van der Waals surface area (Å²) in [6.07, 6.45) is 1.15. The molecule has 6 nitrogen and oxygen atoms in total. The Bertz CT molecular complexity index is 1520. The summed E-state index contributed by atoms with van der Waals surface area (Å²) in [5.41, 5.74) is 6.20. The molecule has 6 heteroatoms.